The molecular weight excluding hydrogens is 518 g/mol. The van der Waals surface area contributed by atoms with E-state index in [9.17, 15) is 22.9 Å². The van der Waals surface area contributed by atoms with Crippen LogP contribution < -0.4 is 10.1 Å². The second-order valence-electron chi connectivity index (χ2n) is 7.94. The SMILES string of the molecule is CCc1ccc(N=Nc2c(O)c(C(=O)Nc3ccc(OC)cc3)cc3ccccc23)c(S(=O)(=O)O)c1Cl. The monoisotopic (exact) mass is 539 g/mol. The molecular formula is C26H22ClN3O6S. The number of benzene rings is 4. The Kier molecular flexibility index (Phi) is 7.44. The number of carbonyl (C=O) groups excluding carboxylic acids is 1. The van der Waals surface area contributed by atoms with Gasteiger partial charge in [0.05, 0.1) is 17.7 Å². The number of azo groups is 1. The van der Waals surface area contributed by atoms with Gasteiger partial charge >= 0.3 is 0 Å². The maximum atomic E-state index is 13.1. The van der Waals surface area contributed by atoms with E-state index < -0.39 is 26.7 Å². The maximum Gasteiger partial charge on any atom is 0.298 e. The first-order chi connectivity index (χ1) is 17.6. The summed E-state index contributed by atoms with van der Waals surface area (Å²) in [5.41, 5.74) is 0.623. The van der Waals surface area contributed by atoms with Gasteiger partial charge in [-0.3, -0.25) is 9.35 Å². The normalized spacial score (nSPS) is 11.7. The summed E-state index contributed by atoms with van der Waals surface area (Å²) in [7, 11) is -3.21. The Morgan fingerprint density at radius 3 is 2.41 bits per heavy atom. The lowest BCUT2D eigenvalue weighted by atomic mass is 10.0. The average molecular weight is 540 g/mol. The van der Waals surface area contributed by atoms with Crippen LogP contribution in [0.1, 0.15) is 22.8 Å². The second kappa shape index (κ2) is 10.6. The van der Waals surface area contributed by atoms with Crippen LogP contribution in [0.4, 0.5) is 17.1 Å². The van der Waals surface area contributed by atoms with E-state index in [1.165, 1.54) is 19.2 Å². The fraction of sp³-hybridized carbons (Fsp3) is 0.115. The number of ether oxygens (including phenoxy) is 1. The number of methoxy groups -OCH3 is 1. The molecule has 0 aromatic heterocycles. The Morgan fingerprint density at radius 2 is 1.76 bits per heavy atom. The van der Waals surface area contributed by atoms with Crippen LogP contribution in [0.15, 0.2) is 81.9 Å². The fourth-order valence-electron chi connectivity index (χ4n) is 3.75. The number of phenols is 1. The molecule has 0 aliphatic heterocycles. The number of anilines is 1. The minimum absolute atomic E-state index is 0.0602. The molecule has 4 rings (SSSR count). The van der Waals surface area contributed by atoms with Crippen LogP contribution in [0.5, 0.6) is 11.5 Å². The molecule has 37 heavy (non-hydrogen) atoms. The van der Waals surface area contributed by atoms with Crippen molar-refractivity contribution in [2.24, 2.45) is 10.2 Å². The number of rotatable bonds is 7. The number of carbonyl (C=O) groups is 1. The molecule has 0 radical (unpaired) electrons. The first-order valence-electron chi connectivity index (χ1n) is 11.0. The van der Waals surface area contributed by atoms with Gasteiger partial charge in [-0.05, 0) is 53.8 Å². The molecule has 1 amide bonds. The number of hydrogen-bond donors (Lipinski definition) is 3. The zero-order valence-corrected chi connectivity index (χ0v) is 21.3. The standard InChI is InChI=1S/C26H22ClN3O6S/c1-3-15-8-13-21(25(22(15)27)37(33,34)35)29-30-23-19-7-5-4-6-16(19)14-20(24(23)31)26(32)28-17-9-11-18(36-2)12-10-17/h4-14,31H,3H2,1-2H3,(H,28,32)(H,33,34,35). The molecule has 0 aliphatic carbocycles. The van der Waals surface area contributed by atoms with E-state index in [-0.39, 0.29) is 22.0 Å². The van der Waals surface area contributed by atoms with Crippen LogP contribution >= 0.6 is 11.6 Å². The molecule has 0 bridgehead atoms. The second-order valence-corrected chi connectivity index (χ2v) is 9.68. The first-order valence-corrected chi connectivity index (χ1v) is 12.9. The average Bonchev–Trinajstić information content (AvgIpc) is 2.87. The number of nitrogens with one attached hydrogen (secondary N) is 1. The predicted octanol–water partition coefficient (Wildman–Crippen LogP) is 6.68. The summed E-state index contributed by atoms with van der Waals surface area (Å²) in [6, 6.07) is 18.0. The summed E-state index contributed by atoms with van der Waals surface area (Å²) in [6.45, 7) is 1.78. The predicted molar refractivity (Wildman–Crippen MR) is 141 cm³/mol. The van der Waals surface area contributed by atoms with Crippen LogP contribution in [-0.2, 0) is 16.5 Å². The minimum atomic E-state index is -4.74. The number of aromatic hydroxyl groups is 1. The molecule has 0 spiro atoms. The molecule has 0 unspecified atom stereocenters. The molecule has 4 aromatic carbocycles. The smallest absolute Gasteiger partial charge is 0.298 e. The molecule has 190 valence electrons. The molecule has 9 nitrogen and oxygen atoms in total. The maximum absolute atomic E-state index is 13.1. The summed E-state index contributed by atoms with van der Waals surface area (Å²) in [6.07, 6.45) is 0.426. The molecule has 0 aliphatic rings. The third-order valence-electron chi connectivity index (χ3n) is 5.64. The Labute approximate surface area is 218 Å². The topological polar surface area (TPSA) is 138 Å². The molecule has 4 aromatic rings. The van der Waals surface area contributed by atoms with Crippen molar-refractivity contribution in [3.8, 4) is 11.5 Å². The van der Waals surface area contributed by atoms with E-state index in [0.29, 0.717) is 34.2 Å². The lowest BCUT2D eigenvalue weighted by molar-refractivity contribution is 0.102. The van der Waals surface area contributed by atoms with E-state index in [0.717, 1.165) is 0 Å². The summed E-state index contributed by atoms with van der Waals surface area (Å²) >= 11 is 6.22. The van der Waals surface area contributed by atoms with Gasteiger partial charge in [-0.15, -0.1) is 10.2 Å². The molecule has 0 fully saturated rings. The van der Waals surface area contributed by atoms with Gasteiger partial charge in [0.15, 0.2) is 5.75 Å². The van der Waals surface area contributed by atoms with Gasteiger partial charge < -0.3 is 15.2 Å². The van der Waals surface area contributed by atoms with Crippen molar-refractivity contribution < 1.29 is 27.6 Å². The molecule has 0 heterocycles. The first kappa shape index (κ1) is 26.1. The summed E-state index contributed by atoms with van der Waals surface area (Å²) < 4.78 is 39.0. The highest BCUT2D eigenvalue weighted by atomic mass is 35.5. The zero-order valence-electron chi connectivity index (χ0n) is 19.8. The molecule has 0 saturated heterocycles. The molecule has 0 saturated carbocycles. The Balaban J connectivity index is 1.81. The zero-order chi connectivity index (χ0) is 26.7. The van der Waals surface area contributed by atoms with Crippen molar-refractivity contribution in [3.05, 3.63) is 82.9 Å². The Bertz CT molecular complexity index is 1640. The van der Waals surface area contributed by atoms with Crippen LogP contribution in [0.25, 0.3) is 10.8 Å². The highest BCUT2D eigenvalue weighted by Crippen LogP contribution is 2.41. The lowest BCUT2D eigenvalue weighted by Crippen LogP contribution is -2.12. The Morgan fingerprint density at radius 1 is 1.05 bits per heavy atom. The number of aryl methyl sites for hydroxylation is 1. The lowest BCUT2D eigenvalue weighted by Gasteiger charge is -2.12. The molecule has 3 N–H and O–H groups in total. The van der Waals surface area contributed by atoms with Crippen molar-refractivity contribution in [1.82, 2.24) is 0 Å². The minimum Gasteiger partial charge on any atom is -0.505 e. The van der Waals surface area contributed by atoms with Crippen molar-refractivity contribution in [2.75, 3.05) is 12.4 Å². The molecule has 0 atom stereocenters. The number of hydrogen-bond acceptors (Lipinski definition) is 7. The fourth-order valence-corrected chi connectivity index (χ4v) is 5.07. The van der Waals surface area contributed by atoms with Crippen LogP contribution in [-0.4, -0.2) is 31.1 Å². The van der Waals surface area contributed by atoms with Crippen molar-refractivity contribution in [1.29, 1.82) is 0 Å². The summed E-state index contributed by atoms with van der Waals surface area (Å²) in [4.78, 5) is 12.5. The highest BCUT2D eigenvalue weighted by Gasteiger charge is 2.23. The van der Waals surface area contributed by atoms with Gasteiger partial charge in [0.25, 0.3) is 16.0 Å². The van der Waals surface area contributed by atoms with Gasteiger partial charge in [0.2, 0.25) is 0 Å². The van der Waals surface area contributed by atoms with Gasteiger partial charge in [-0.1, -0.05) is 48.9 Å². The van der Waals surface area contributed by atoms with Crippen LogP contribution in [0.2, 0.25) is 5.02 Å². The third kappa shape index (κ3) is 5.41. The number of amides is 1. The van der Waals surface area contributed by atoms with Gasteiger partial charge in [-0.25, -0.2) is 0 Å². The summed E-state index contributed by atoms with van der Waals surface area (Å²) in [5, 5.41) is 22.7. The van der Waals surface area contributed by atoms with E-state index in [4.69, 9.17) is 16.3 Å². The highest BCUT2D eigenvalue weighted by molar-refractivity contribution is 7.86. The number of phenolic OH excluding ortho intramolecular Hbond substituents is 1. The van der Waals surface area contributed by atoms with Crippen molar-refractivity contribution >= 4 is 55.5 Å². The van der Waals surface area contributed by atoms with Gasteiger partial charge in [0, 0.05) is 11.1 Å². The summed E-state index contributed by atoms with van der Waals surface area (Å²) in [5.74, 6) is -0.442. The Hall–Kier alpha value is -3.99. The van der Waals surface area contributed by atoms with E-state index in [2.05, 4.69) is 15.5 Å². The number of nitrogens with zero attached hydrogens (tertiary/aromatic N) is 2. The van der Waals surface area contributed by atoms with Gasteiger partial charge in [-0.2, -0.15) is 8.42 Å². The van der Waals surface area contributed by atoms with Crippen molar-refractivity contribution in [2.45, 2.75) is 18.2 Å². The number of fused-ring (bicyclic) bond motifs is 1. The third-order valence-corrected chi connectivity index (χ3v) is 7.11. The van der Waals surface area contributed by atoms with Crippen LogP contribution in [0.3, 0.4) is 0 Å². The van der Waals surface area contributed by atoms with E-state index in [1.54, 1.807) is 61.5 Å². The molecule has 11 heteroatoms. The van der Waals surface area contributed by atoms with E-state index in [1.807, 2.05) is 0 Å². The largest absolute Gasteiger partial charge is 0.505 e. The van der Waals surface area contributed by atoms with E-state index >= 15 is 0 Å². The van der Waals surface area contributed by atoms with Crippen LogP contribution in [0, 0.1) is 0 Å². The quantitative estimate of drug-likeness (QED) is 0.177. The van der Waals surface area contributed by atoms with Gasteiger partial charge in [0.1, 0.15) is 22.0 Å². The van der Waals surface area contributed by atoms with Crippen molar-refractivity contribution in [3.63, 3.8) is 0 Å². The number of halogens is 1.